The molecule has 0 aliphatic carbocycles. The van der Waals surface area contributed by atoms with Gasteiger partial charge in [-0.3, -0.25) is 4.68 Å². The molecule has 1 saturated heterocycles. The summed E-state index contributed by atoms with van der Waals surface area (Å²) in [4.78, 5) is 0. The molecule has 0 bridgehead atoms. The lowest BCUT2D eigenvalue weighted by molar-refractivity contribution is 0.00578. The maximum atomic E-state index is 6.11. The van der Waals surface area contributed by atoms with E-state index >= 15 is 0 Å². The molecule has 1 aliphatic rings. The molecule has 0 aromatic carbocycles. The van der Waals surface area contributed by atoms with Crippen molar-refractivity contribution in [3.63, 3.8) is 0 Å². The van der Waals surface area contributed by atoms with Gasteiger partial charge in [0.25, 0.3) is 0 Å². The van der Waals surface area contributed by atoms with Crippen LogP contribution in [0.15, 0.2) is 0 Å². The van der Waals surface area contributed by atoms with E-state index in [-0.39, 0.29) is 18.3 Å². The summed E-state index contributed by atoms with van der Waals surface area (Å²) in [5, 5.41) is 4.55. The molecular formula is C15H23BN2O2. The Morgan fingerprint density at radius 2 is 1.75 bits per heavy atom. The highest BCUT2D eigenvalue weighted by atomic mass is 16.7. The fraction of sp³-hybridized carbons (Fsp3) is 0.667. The van der Waals surface area contributed by atoms with Crippen molar-refractivity contribution < 1.29 is 9.31 Å². The quantitative estimate of drug-likeness (QED) is 0.623. The zero-order chi connectivity index (χ0) is 15.1. The van der Waals surface area contributed by atoms with Crippen LogP contribution in [0.4, 0.5) is 0 Å². The third-order valence-corrected chi connectivity index (χ3v) is 4.39. The van der Waals surface area contributed by atoms with Gasteiger partial charge in [-0.15, -0.1) is 12.3 Å². The van der Waals surface area contributed by atoms with E-state index in [1.807, 2.05) is 18.5 Å². The first-order valence-corrected chi connectivity index (χ1v) is 7.02. The van der Waals surface area contributed by atoms with Gasteiger partial charge in [-0.05, 0) is 41.5 Å². The molecule has 1 aromatic rings. The number of aryl methyl sites for hydroxylation is 2. The van der Waals surface area contributed by atoms with Crippen LogP contribution in [0.5, 0.6) is 0 Å². The summed E-state index contributed by atoms with van der Waals surface area (Å²) in [5.41, 5.74) is 2.37. The monoisotopic (exact) mass is 274 g/mol. The largest absolute Gasteiger partial charge is 0.498 e. The fourth-order valence-electron chi connectivity index (χ4n) is 2.40. The summed E-state index contributed by atoms with van der Waals surface area (Å²) in [6.07, 6.45) is 6.00. The van der Waals surface area contributed by atoms with Crippen molar-refractivity contribution in [2.75, 3.05) is 0 Å². The van der Waals surface area contributed by atoms with Gasteiger partial charge in [0.1, 0.15) is 0 Å². The molecule has 0 N–H and O–H groups in total. The molecule has 0 atom stereocenters. The number of aromatic nitrogens is 2. The van der Waals surface area contributed by atoms with E-state index in [2.05, 4.69) is 38.7 Å². The Bertz CT molecular complexity index is 539. The summed E-state index contributed by atoms with van der Waals surface area (Å²) in [6, 6.07) is 0. The van der Waals surface area contributed by atoms with Crippen LogP contribution in [0.1, 0.15) is 45.5 Å². The van der Waals surface area contributed by atoms with Crippen LogP contribution in [0, 0.1) is 26.2 Å². The maximum absolute atomic E-state index is 6.11. The predicted molar refractivity (Wildman–Crippen MR) is 80.9 cm³/mol. The van der Waals surface area contributed by atoms with E-state index in [4.69, 9.17) is 15.7 Å². The average molecular weight is 274 g/mol. The Morgan fingerprint density at radius 3 is 2.25 bits per heavy atom. The lowest BCUT2D eigenvalue weighted by Gasteiger charge is -2.32. The lowest BCUT2D eigenvalue weighted by Crippen LogP contribution is -2.41. The molecule has 0 radical (unpaired) electrons. The first kappa shape index (κ1) is 15.1. The highest BCUT2D eigenvalue weighted by Gasteiger charge is 2.53. The summed E-state index contributed by atoms with van der Waals surface area (Å²) in [7, 11) is -0.361. The summed E-state index contributed by atoms with van der Waals surface area (Å²) < 4.78 is 14.2. The number of hydrogen-bond donors (Lipinski definition) is 0. The van der Waals surface area contributed by atoms with Gasteiger partial charge in [0.15, 0.2) is 0 Å². The van der Waals surface area contributed by atoms with E-state index in [0.29, 0.717) is 6.42 Å². The van der Waals surface area contributed by atoms with Crippen LogP contribution >= 0.6 is 0 Å². The Kier molecular flexibility index (Phi) is 3.74. The van der Waals surface area contributed by atoms with Crippen molar-refractivity contribution in [1.29, 1.82) is 0 Å². The number of rotatable bonds is 3. The molecule has 108 valence electrons. The number of terminal acetylenes is 1. The molecule has 1 fully saturated rings. The van der Waals surface area contributed by atoms with Crippen LogP contribution in [-0.4, -0.2) is 28.1 Å². The minimum absolute atomic E-state index is 0.336. The predicted octanol–water partition coefficient (Wildman–Crippen LogP) is 1.82. The van der Waals surface area contributed by atoms with Gasteiger partial charge < -0.3 is 9.31 Å². The van der Waals surface area contributed by atoms with Gasteiger partial charge in [0.05, 0.1) is 23.4 Å². The Morgan fingerprint density at radius 1 is 1.20 bits per heavy atom. The smallest absolute Gasteiger partial charge is 0.399 e. The molecule has 2 rings (SSSR count). The Hall–Kier alpha value is -1.25. The van der Waals surface area contributed by atoms with E-state index in [1.54, 1.807) is 0 Å². The van der Waals surface area contributed by atoms with Crippen LogP contribution in [0.25, 0.3) is 0 Å². The second-order valence-electron chi connectivity index (χ2n) is 6.35. The summed E-state index contributed by atoms with van der Waals surface area (Å²) in [5.74, 6) is 2.64. The average Bonchev–Trinajstić information content (AvgIpc) is 2.70. The number of nitrogens with zero attached hydrogens (tertiary/aromatic N) is 2. The molecule has 0 spiro atoms. The molecule has 0 unspecified atom stereocenters. The topological polar surface area (TPSA) is 36.3 Å². The zero-order valence-electron chi connectivity index (χ0n) is 13.3. The second kappa shape index (κ2) is 4.94. The first-order chi connectivity index (χ1) is 9.19. The molecule has 1 aliphatic heterocycles. The molecule has 20 heavy (non-hydrogen) atoms. The van der Waals surface area contributed by atoms with Gasteiger partial charge in [0, 0.05) is 17.6 Å². The minimum atomic E-state index is -0.361. The zero-order valence-corrected chi connectivity index (χ0v) is 13.3. The Labute approximate surface area is 122 Å². The highest BCUT2D eigenvalue weighted by Crippen LogP contribution is 2.36. The highest BCUT2D eigenvalue weighted by molar-refractivity contribution is 6.63. The third-order valence-electron chi connectivity index (χ3n) is 4.39. The van der Waals surface area contributed by atoms with E-state index in [9.17, 15) is 0 Å². The lowest BCUT2D eigenvalue weighted by atomic mass is 9.77. The maximum Gasteiger partial charge on any atom is 0.498 e. The van der Waals surface area contributed by atoms with E-state index in [1.165, 1.54) is 0 Å². The van der Waals surface area contributed by atoms with Gasteiger partial charge in [-0.2, -0.15) is 5.10 Å². The normalized spacial score (nSPS) is 20.1. The van der Waals surface area contributed by atoms with Crippen molar-refractivity contribution in [1.82, 2.24) is 9.78 Å². The van der Waals surface area contributed by atoms with Crippen molar-refractivity contribution in [2.45, 2.75) is 65.7 Å². The number of hydrogen-bond acceptors (Lipinski definition) is 3. The third kappa shape index (κ3) is 2.39. The minimum Gasteiger partial charge on any atom is -0.399 e. The standard InChI is InChI=1S/C15H23BN2O2/c1-8-9-10-18-12(3)13(11(2)17-18)16-19-14(4,5)15(6,7)20-16/h1H,9-10H2,2-7H3. The first-order valence-electron chi connectivity index (χ1n) is 7.02. The van der Waals surface area contributed by atoms with E-state index in [0.717, 1.165) is 23.4 Å². The van der Waals surface area contributed by atoms with Gasteiger partial charge in [-0.1, -0.05) is 0 Å². The van der Waals surface area contributed by atoms with Crippen LogP contribution in [0.2, 0.25) is 0 Å². The van der Waals surface area contributed by atoms with Crippen molar-refractivity contribution in [2.24, 2.45) is 0 Å². The van der Waals surface area contributed by atoms with Crippen LogP contribution < -0.4 is 5.46 Å². The molecule has 5 heteroatoms. The van der Waals surface area contributed by atoms with Crippen molar-refractivity contribution in [3.8, 4) is 12.3 Å². The van der Waals surface area contributed by atoms with Gasteiger partial charge in [-0.25, -0.2) is 0 Å². The molecule has 2 heterocycles. The van der Waals surface area contributed by atoms with Crippen LogP contribution in [-0.2, 0) is 15.9 Å². The summed E-state index contributed by atoms with van der Waals surface area (Å²) >= 11 is 0. The van der Waals surface area contributed by atoms with E-state index < -0.39 is 0 Å². The van der Waals surface area contributed by atoms with Crippen molar-refractivity contribution in [3.05, 3.63) is 11.4 Å². The van der Waals surface area contributed by atoms with Crippen LogP contribution in [0.3, 0.4) is 0 Å². The van der Waals surface area contributed by atoms with Crippen molar-refractivity contribution >= 4 is 12.6 Å². The summed E-state index contributed by atoms with van der Waals surface area (Å²) in [6.45, 7) is 13.0. The fourth-order valence-corrected chi connectivity index (χ4v) is 2.40. The molecule has 0 saturated carbocycles. The molecule has 0 amide bonds. The van der Waals surface area contributed by atoms with Gasteiger partial charge >= 0.3 is 7.12 Å². The second-order valence-corrected chi connectivity index (χ2v) is 6.35. The molecular weight excluding hydrogens is 251 g/mol. The molecule has 1 aromatic heterocycles. The molecule has 4 nitrogen and oxygen atoms in total. The van der Waals surface area contributed by atoms with Gasteiger partial charge in [0.2, 0.25) is 0 Å². The SMILES string of the molecule is C#CCCn1nc(C)c(B2OC(C)(C)C(C)(C)O2)c1C. The Balaban J connectivity index is 2.31.